The molecule has 1 aliphatic rings. The molecule has 0 heterocycles. The van der Waals surface area contributed by atoms with Crippen LogP contribution < -0.4 is 21.3 Å². The van der Waals surface area contributed by atoms with Crippen molar-refractivity contribution < 1.29 is 33.9 Å². The van der Waals surface area contributed by atoms with E-state index < -0.39 is 71.9 Å². The van der Waals surface area contributed by atoms with Gasteiger partial charge in [-0.25, -0.2) is 0 Å². The zero-order valence-electron chi connectivity index (χ0n) is 26.5. The zero-order chi connectivity index (χ0) is 33.7. The highest BCUT2D eigenvalue weighted by atomic mass is 127. The molecule has 0 radical (unpaired) electrons. The van der Waals surface area contributed by atoms with E-state index in [1.165, 1.54) is 12.5 Å². The van der Waals surface area contributed by atoms with Gasteiger partial charge in [-0.15, -0.1) is 0 Å². The largest absolute Gasteiger partial charge is 0.481 e. The van der Waals surface area contributed by atoms with Crippen LogP contribution in [0, 0.1) is 15.4 Å². The Balaban J connectivity index is 1.98. The first-order chi connectivity index (χ1) is 21.2. The van der Waals surface area contributed by atoms with Crippen molar-refractivity contribution in [1.29, 1.82) is 0 Å². The van der Waals surface area contributed by atoms with E-state index in [-0.39, 0.29) is 12.8 Å². The second kappa shape index (κ2) is 18.4. The number of hydrogen-bond donors (Lipinski definition) is 5. The molecular weight excluding hydrogens is 691 g/mol. The van der Waals surface area contributed by atoms with Crippen LogP contribution in [0.2, 0.25) is 0 Å². The number of ketones is 1. The minimum atomic E-state index is -1.25. The molecule has 1 aliphatic carbocycles. The minimum absolute atomic E-state index is 0.104. The summed E-state index contributed by atoms with van der Waals surface area (Å²) in [5, 5.41) is 19.8. The van der Waals surface area contributed by atoms with Crippen LogP contribution >= 0.6 is 22.6 Å². The second-order valence-corrected chi connectivity index (χ2v) is 12.9. The summed E-state index contributed by atoms with van der Waals surface area (Å²) in [6.07, 6.45) is 8.09. The normalized spacial score (nSPS) is 16.9. The van der Waals surface area contributed by atoms with E-state index in [2.05, 4.69) is 56.9 Å². The molecule has 45 heavy (non-hydrogen) atoms. The minimum Gasteiger partial charge on any atom is -0.481 e. The summed E-state index contributed by atoms with van der Waals surface area (Å²) in [7, 11) is 0. The quantitative estimate of drug-likeness (QED) is 0.152. The molecule has 0 bridgehead atoms. The number of carboxylic acids is 1. The van der Waals surface area contributed by atoms with Crippen LogP contribution in [-0.4, -0.2) is 64.7 Å². The standard InChI is InChI=1S/C33H45IN4O7/c1-6-25(36-31(43)23-14-16-24(34)17-15-23)32(44)35-21(5)30(42)38-29(19(2)3)33(45)37-26(18-28(40)41)27(39)13-9-12-22-11-8-7-10-20(22)4/h7-8,11,14-17,19-21,25-26,29H,6,9-10,12-13,18H2,1-5H3,(H,35,44)(H,36,43)(H,37,45)(H,38,42)(H,40,41)/t20?,21-,25?,26?,29-/m0/s1. The van der Waals surface area contributed by atoms with Crippen molar-refractivity contribution in [3.05, 3.63) is 57.2 Å². The highest BCUT2D eigenvalue weighted by Gasteiger charge is 2.32. The molecule has 0 saturated carbocycles. The Labute approximate surface area is 278 Å². The highest BCUT2D eigenvalue weighted by Crippen LogP contribution is 2.24. The molecule has 1 aromatic carbocycles. The molecule has 0 spiro atoms. The molecule has 0 aromatic heterocycles. The number of halogens is 1. The molecule has 0 aliphatic heterocycles. The SMILES string of the molecule is CCC(NC(=O)c1ccc(I)cc1)C(=O)N[C@@H](C)C(=O)N[C@H](C(=O)NC(CC(=O)O)C(=O)CCCC1=CC=CCC1C)C(C)C. The summed E-state index contributed by atoms with van der Waals surface area (Å²) in [6, 6.07) is 2.56. The summed E-state index contributed by atoms with van der Waals surface area (Å²) in [4.78, 5) is 76.3. The molecule has 5 N–H and O–H groups in total. The van der Waals surface area contributed by atoms with Gasteiger partial charge < -0.3 is 26.4 Å². The van der Waals surface area contributed by atoms with E-state index >= 15 is 0 Å². The second-order valence-electron chi connectivity index (χ2n) is 11.7. The first-order valence-corrected chi connectivity index (χ1v) is 16.4. The Morgan fingerprint density at radius 1 is 0.911 bits per heavy atom. The van der Waals surface area contributed by atoms with E-state index in [0.717, 1.165) is 9.99 Å². The first-order valence-electron chi connectivity index (χ1n) is 15.3. The molecule has 0 saturated heterocycles. The first kappa shape index (κ1) is 37.6. The van der Waals surface area contributed by atoms with Gasteiger partial charge in [-0.3, -0.25) is 28.8 Å². The fourth-order valence-corrected chi connectivity index (χ4v) is 5.19. The number of hydrogen-bond acceptors (Lipinski definition) is 6. The van der Waals surface area contributed by atoms with E-state index in [4.69, 9.17) is 0 Å². The number of Topliss-reactive ketones (excluding diaryl/α,β-unsaturated/α-hetero) is 1. The molecule has 3 unspecified atom stereocenters. The summed E-state index contributed by atoms with van der Waals surface area (Å²) in [6.45, 7) is 8.68. The molecule has 5 atom stereocenters. The average Bonchev–Trinajstić information content (AvgIpc) is 2.98. The van der Waals surface area contributed by atoms with Gasteiger partial charge >= 0.3 is 5.97 Å². The predicted molar refractivity (Wildman–Crippen MR) is 179 cm³/mol. The van der Waals surface area contributed by atoms with E-state index in [1.807, 2.05) is 12.2 Å². The van der Waals surface area contributed by atoms with Crippen molar-refractivity contribution in [3.63, 3.8) is 0 Å². The van der Waals surface area contributed by atoms with Crippen LogP contribution in [-0.2, 0) is 24.0 Å². The van der Waals surface area contributed by atoms with Crippen LogP contribution in [0.15, 0.2) is 48.1 Å². The number of rotatable bonds is 17. The summed E-state index contributed by atoms with van der Waals surface area (Å²) < 4.78 is 0.960. The van der Waals surface area contributed by atoms with Crippen LogP contribution in [0.5, 0.6) is 0 Å². The smallest absolute Gasteiger partial charge is 0.305 e. The molecule has 4 amide bonds. The van der Waals surface area contributed by atoms with Gasteiger partial charge in [0.2, 0.25) is 17.7 Å². The van der Waals surface area contributed by atoms with Crippen LogP contribution in [0.25, 0.3) is 0 Å². The zero-order valence-corrected chi connectivity index (χ0v) is 28.7. The van der Waals surface area contributed by atoms with Gasteiger partial charge in [-0.1, -0.05) is 51.5 Å². The van der Waals surface area contributed by atoms with Crippen molar-refractivity contribution in [1.82, 2.24) is 21.3 Å². The van der Waals surface area contributed by atoms with E-state index in [9.17, 15) is 33.9 Å². The van der Waals surface area contributed by atoms with Gasteiger partial charge in [0.25, 0.3) is 5.91 Å². The van der Waals surface area contributed by atoms with Crippen LogP contribution in [0.1, 0.15) is 83.5 Å². The fourth-order valence-electron chi connectivity index (χ4n) is 4.83. The Bertz CT molecular complexity index is 1290. The lowest BCUT2D eigenvalue weighted by atomic mass is 9.89. The summed E-state index contributed by atoms with van der Waals surface area (Å²) >= 11 is 2.12. The van der Waals surface area contributed by atoms with Gasteiger partial charge in [0, 0.05) is 15.6 Å². The van der Waals surface area contributed by atoms with Gasteiger partial charge in [-0.2, -0.15) is 0 Å². The monoisotopic (exact) mass is 736 g/mol. The van der Waals surface area contributed by atoms with Gasteiger partial charge in [0.05, 0.1) is 12.5 Å². The molecule has 11 nitrogen and oxygen atoms in total. The Hall–Kier alpha value is -3.55. The number of carbonyl (C=O) groups is 6. The van der Waals surface area contributed by atoms with Crippen molar-refractivity contribution in [2.75, 3.05) is 0 Å². The van der Waals surface area contributed by atoms with E-state index in [0.29, 0.717) is 24.3 Å². The third-order valence-electron chi connectivity index (χ3n) is 7.68. The molecule has 0 fully saturated rings. The average molecular weight is 737 g/mol. The van der Waals surface area contributed by atoms with E-state index in [1.54, 1.807) is 45.0 Å². The highest BCUT2D eigenvalue weighted by molar-refractivity contribution is 14.1. The lowest BCUT2D eigenvalue weighted by Gasteiger charge is -2.26. The topological polar surface area (TPSA) is 171 Å². The molecule has 12 heteroatoms. The van der Waals surface area contributed by atoms with Gasteiger partial charge in [-0.05, 0) is 91.3 Å². The third-order valence-corrected chi connectivity index (χ3v) is 8.40. The Morgan fingerprint density at radius 3 is 2.16 bits per heavy atom. The van der Waals surface area contributed by atoms with Crippen LogP contribution in [0.3, 0.4) is 0 Å². The van der Waals surface area contributed by atoms with Gasteiger partial charge in [0.15, 0.2) is 5.78 Å². The Kier molecular flexibility index (Phi) is 15.4. The molecule has 246 valence electrons. The number of aliphatic carboxylic acids is 1. The number of nitrogens with one attached hydrogen (secondary N) is 4. The van der Waals surface area contributed by atoms with Crippen LogP contribution in [0.4, 0.5) is 0 Å². The van der Waals surface area contributed by atoms with Crippen molar-refractivity contribution in [2.24, 2.45) is 11.8 Å². The van der Waals surface area contributed by atoms with Gasteiger partial charge in [0.1, 0.15) is 18.1 Å². The Morgan fingerprint density at radius 2 is 1.58 bits per heavy atom. The molecule has 2 rings (SSSR count). The number of carbonyl (C=O) groups excluding carboxylic acids is 5. The van der Waals surface area contributed by atoms with Crippen molar-refractivity contribution >= 4 is 58.0 Å². The maximum atomic E-state index is 13.2. The summed E-state index contributed by atoms with van der Waals surface area (Å²) in [5.74, 6) is -3.99. The third kappa shape index (κ3) is 12.4. The van der Waals surface area contributed by atoms with Crippen molar-refractivity contribution in [2.45, 2.75) is 97.3 Å². The lowest BCUT2D eigenvalue weighted by molar-refractivity contribution is -0.140. The maximum absolute atomic E-state index is 13.2. The lowest BCUT2D eigenvalue weighted by Crippen LogP contribution is -2.58. The molecule has 1 aromatic rings. The molecular formula is C33H45IN4O7. The summed E-state index contributed by atoms with van der Waals surface area (Å²) in [5.41, 5.74) is 1.62. The number of amides is 4. The maximum Gasteiger partial charge on any atom is 0.305 e. The van der Waals surface area contributed by atoms with Crippen molar-refractivity contribution in [3.8, 4) is 0 Å². The predicted octanol–water partition coefficient (Wildman–Crippen LogP) is 3.67. The number of carboxylic acid groups (broad SMARTS) is 1. The fraction of sp³-hybridized carbons (Fsp3) is 0.515. The number of benzene rings is 1. The number of allylic oxidation sites excluding steroid dienone is 4.